The molecule has 4 rings (SSSR count). The number of aromatic nitrogens is 3. The molecule has 0 amide bonds. The van der Waals surface area contributed by atoms with Crippen molar-refractivity contribution >= 4 is 0 Å². The number of hydrogen-bond donors (Lipinski definition) is 1. The third-order valence-electron chi connectivity index (χ3n) is 4.59. The zero-order valence-corrected chi connectivity index (χ0v) is 15.7. The molecule has 3 heteroatoms. The van der Waals surface area contributed by atoms with Crippen molar-refractivity contribution in [3.63, 3.8) is 0 Å². The molecule has 0 fully saturated rings. The monoisotopic (exact) mass is 353 g/mol. The minimum atomic E-state index is 0.655. The number of benzene rings is 2. The van der Waals surface area contributed by atoms with Crippen LogP contribution in [0.15, 0.2) is 79.1 Å². The highest BCUT2D eigenvalue weighted by atomic mass is 14.9. The van der Waals surface area contributed by atoms with E-state index in [1.54, 1.807) is 0 Å². The van der Waals surface area contributed by atoms with E-state index < -0.39 is 0 Å². The van der Waals surface area contributed by atoms with Crippen molar-refractivity contribution in [1.82, 2.24) is 15.0 Å². The number of H-pyrrole nitrogens is 1. The number of imidazole rings is 1. The van der Waals surface area contributed by atoms with Gasteiger partial charge in [0.25, 0.3) is 0 Å². The normalized spacial score (nSPS) is 11.1. The predicted octanol–water partition coefficient (Wildman–Crippen LogP) is 6.00. The summed E-state index contributed by atoms with van der Waals surface area (Å²) in [6.07, 6.45) is 4.71. The Labute approximate surface area is 160 Å². The molecule has 0 saturated heterocycles. The molecule has 0 unspecified atom stereocenters. The van der Waals surface area contributed by atoms with E-state index in [1.165, 1.54) is 5.56 Å². The van der Waals surface area contributed by atoms with Crippen LogP contribution in [0.2, 0.25) is 0 Å². The van der Waals surface area contributed by atoms with Crippen molar-refractivity contribution in [3.8, 4) is 33.9 Å². The van der Waals surface area contributed by atoms with Gasteiger partial charge in [0.05, 0.1) is 11.4 Å². The molecular weight excluding hydrogens is 330 g/mol. The summed E-state index contributed by atoms with van der Waals surface area (Å²) < 4.78 is 0. The van der Waals surface area contributed by atoms with Crippen LogP contribution < -0.4 is 0 Å². The van der Waals surface area contributed by atoms with E-state index in [0.717, 1.165) is 40.3 Å². The Hall–Kier alpha value is -3.20. The molecule has 0 aliphatic rings. The second kappa shape index (κ2) is 7.58. The van der Waals surface area contributed by atoms with Crippen LogP contribution in [0.1, 0.15) is 19.4 Å². The average Bonchev–Trinajstić information content (AvgIpc) is 3.15. The third kappa shape index (κ3) is 3.82. The highest BCUT2D eigenvalue weighted by molar-refractivity contribution is 5.81. The summed E-state index contributed by atoms with van der Waals surface area (Å²) in [5.41, 5.74) is 6.62. The Bertz CT molecular complexity index is 944. The van der Waals surface area contributed by atoms with Crippen LogP contribution in [0.3, 0.4) is 0 Å². The quantitative estimate of drug-likeness (QED) is 0.478. The summed E-state index contributed by atoms with van der Waals surface area (Å²) in [5, 5.41) is 0. The predicted molar refractivity (Wildman–Crippen MR) is 111 cm³/mol. The zero-order chi connectivity index (χ0) is 18.6. The highest BCUT2D eigenvalue weighted by Gasteiger charge is 2.15. The molecule has 0 radical (unpaired) electrons. The largest absolute Gasteiger partial charge is 0.337 e. The molecule has 0 spiro atoms. The van der Waals surface area contributed by atoms with Gasteiger partial charge in [0, 0.05) is 29.1 Å². The topological polar surface area (TPSA) is 41.6 Å². The summed E-state index contributed by atoms with van der Waals surface area (Å²) >= 11 is 0. The first-order valence-corrected chi connectivity index (χ1v) is 9.36. The van der Waals surface area contributed by atoms with E-state index in [9.17, 15) is 0 Å². The van der Waals surface area contributed by atoms with Gasteiger partial charge in [0.15, 0.2) is 0 Å². The Balaban J connectivity index is 1.78. The molecule has 2 aromatic heterocycles. The molecule has 0 bridgehead atoms. The summed E-state index contributed by atoms with van der Waals surface area (Å²) in [6.45, 7) is 4.49. The van der Waals surface area contributed by atoms with Crippen LogP contribution in [0.4, 0.5) is 0 Å². The van der Waals surface area contributed by atoms with Crippen molar-refractivity contribution < 1.29 is 0 Å². The van der Waals surface area contributed by atoms with Gasteiger partial charge in [0.2, 0.25) is 0 Å². The Morgan fingerprint density at radius 3 is 2.15 bits per heavy atom. The molecule has 2 aromatic carbocycles. The summed E-state index contributed by atoms with van der Waals surface area (Å²) in [4.78, 5) is 12.6. The van der Waals surface area contributed by atoms with Gasteiger partial charge in [-0.3, -0.25) is 4.98 Å². The second-order valence-electron chi connectivity index (χ2n) is 7.21. The summed E-state index contributed by atoms with van der Waals surface area (Å²) in [5.74, 6) is 1.54. The number of rotatable bonds is 5. The van der Waals surface area contributed by atoms with Crippen molar-refractivity contribution in [2.75, 3.05) is 0 Å². The number of aromatic amines is 1. The molecule has 1 N–H and O–H groups in total. The van der Waals surface area contributed by atoms with E-state index in [2.05, 4.69) is 60.2 Å². The smallest absolute Gasteiger partial charge is 0.138 e. The maximum absolute atomic E-state index is 4.94. The van der Waals surface area contributed by atoms with Gasteiger partial charge in [-0.05, 0) is 30.0 Å². The third-order valence-corrected chi connectivity index (χ3v) is 4.59. The molecule has 4 aromatic rings. The second-order valence-corrected chi connectivity index (χ2v) is 7.21. The number of hydrogen-bond acceptors (Lipinski definition) is 2. The lowest BCUT2D eigenvalue weighted by Crippen LogP contribution is -1.93. The lowest BCUT2D eigenvalue weighted by molar-refractivity contribution is 0.647. The molecule has 3 nitrogen and oxygen atoms in total. The van der Waals surface area contributed by atoms with Gasteiger partial charge < -0.3 is 4.98 Å². The summed E-state index contributed by atoms with van der Waals surface area (Å²) in [6, 6.07) is 23.0. The zero-order valence-electron chi connectivity index (χ0n) is 15.7. The van der Waals surface area contributed by atoms with Gasteiger partial charge in [0.1, 0.15) is 5.82 Å². The van der Waals surface area contributed by atoms with Gasteiger partial charge in [-0.2, -0.15) is 0 Å². The first kappa shape index (κ1) is 17.2. The Kier molecular flexibility index (Phi) is 4.84. The first-order chi connectivity index (χ1) is 13.2. The van der Waals surface area contributed by atoms with Crippen LogP contribution in [-0.4, -0.2) is 15.0 Å². The fourth-order valence-corrected chi connectivity index (χ4v) is 3.31. The molecule has 0 aliphatic heterocycles. The SMILES string of the molecule is CC(C)Cc1ccc(-c2nc(-c3ccccc3)c(-c3ccncc3)[nH]2)cc1. The van der Waals surface area contributed by atoms with Crippen molar-refractivity contribution in [2.45, 2.75) is 20.3 Å². The minimum absolute atomic E-state index is 0.655. The number of pyridine rings is 1. The fraction of sp³-hybridized carbons (Fsp3) is 0.167. The molecule has 134 valence electrons. The lowest BCUT2D eigenvalue weighted by Gasteiger charge is -2.05. The standard InChI is InChI=1S/C24H23N3/c1-17(2)16-18-8-10-21(11-9-18)24-26-22(19-6-4-3-5-7-19)23(27-24)20-12-14-25-15-13-20/h3-15,17H,16H2,1-2H3,(H,26,27). The van der Waals surface area contributed by atoms with Gasteiger partial charge in [-0.15, -0.1) is 0 Å². The van der Waals surface area contributed by atoms with E-state index >= 15 is 0 Å². The molecule has 27 heavy (non-hydrogen) atoms. The molecular formula is C24H23N3. The van der Waals surface area contributed by atoms with Crippen molar-refractivity contribution in [2.24, 2.45) is 5.92 Å². The Morgan fingerprint density at radius 2 is 1.48 bits per heavy atom. The maximum Gasteiger partial charge on any atom is 0.138 e. The molecule has 0 saturated carbocycles. The molecule has 0 atom stereocenters. The molecule has 0 aliphatic carbocycles. The van der Waals surface area contributed by atoms with Crippen LogP contribution in [-0.2, 0) is 6.42 Å². The summed E-state index contributed by atoms with van der Waals surface area (Å²) in [7, 11) is 0. The fourth-order valence-electron chi connectivity index (χ4n) is 3.31. The lowest BCUT2D eigenvalue weighted by atomic mass is 10.0. The van der Waals surface area contributed by atoms with Crippen LogP contribution in [0.5, 0.6) is 0 Å². The van der Waals surface area contributed by atoms with Gasteiger partial charge in [-0.1, -0.05) is 68.4 Å². The number of nitrogens with one attached hydrogen (secondary N) is 1. The first-order valence-electron chi connectivity index (χ1n) is 9.36. The van der Waals surface area contributed by atoms with Crippen LogP contribution >= 0.6 is 0 Å². The van der Waals surface area contributed by atoms with Crippen LogP contribution in [0, 0.1) is 5.92 Å². The minimum Gasteiger partial charge on any atom is -0.337 e. The van der Waals surface area contributed by atoms with Crippen molar-refractivity contribution in [3.05, 3.63) is 84.7 Å². The van der Waals surface area contributed by atoms with E-state index in [-0.39, 0.29) is 0 Å². The average molecular weight is 353 g/mol. The number of nitrogens with zero attached hydrogens (tertiary/aromatic N) is 2. The highest BCUT2D eigenvalue weighted by Crippen LogP contribution is 2.32. The maximum atomic E-state index is 4.94. The van der Waals surface area contributed by atoms with Gasteiger partial charge >= 0.3 is 0 Å². The van der Waals surface area contributed by atoms with E-state index in [0.29, 0.717) is 5.92 Å². The van der Waals surface area contributed by atoms with Gasteiger partial charge in [-0.25, -0.2) is 4.98 Å². The van der Waals surface area contributed by atoms with E-state index in [1.807, 2.05) is 42.7 Å². The van der Waals surface area contributed by atoms with Crippen molar-refractivity contribution in [1.29, 1.82) is 0 Å². The van der Waals surface area contributed by atoms with E-state index in [4.69, 9.17) is 4.98 Å². The Morgan fingerprint density at radius 1 is 0.778 bits per heavy atom. The molecule has 2 heterocycles. The van der Waals surface area contributed by atoms with Crippen LogP contribution in [0.25, 0.3) is 33.9 Å².